The van der Waals surface area contributed by atoms with Gasteiger partial charge in [0.1, 0.15) is 5.75 Å². The lowest BCUT2D eigenvalue weighted by Gasteiger charge is -2.06. The zero-order valence-corrected chi connectivity index (χ0v) is 16.2. The quantitative estimate of drug-likeness (QED) is 0.310. The van der Waals surface area contributed by atoms with E-state index in [1.165, 1.54) is 23.5 Å². The van der Waals surface area contributed by atoms with Crippen LogP contribution in [0.5, 0.6) is 5.75 Å². The standard InChI is InChI=1S/C19H16ClN3O4S/c20-14-6-8-16(9-7-14)27-10-2-5-18(24)22-19-21-17(12-28-19)13-3-1-4-15(11-13)23(25)26/h1,3-4,6-9,11-12H,2,5,10H2,(H,21,22,24). The minimum Gasteiger partial charge on any atom is -0.494 e. The normalized spacial score (nSPS) is 10.5. The average Bonchev–Trinajstić information content (AvgIpc) is 3.15. The molecule has 1 heterocycles. The maximum Gasteiger partial charge on any atom is 0.270 e. The number of carbonyl (C=O) groups excluding carboxylic acids is 1. The number of aromatic nitrogens is 1. The number of ether oxygens (including phenoxy) is 1. The number of nitro groups is 1. The number of nitrogens with one attached hydrogen (secondary N) is 1. The molecule has 0 aliphatic heterocycles. The number of non-ortho nitro benzene ring substituents is 1. The summed E-state index contributed by atoms with van der Waals surface area (Å²) in [5, 5.41) is 16.5. The molecule has 0 spiro atoms. The van der Waals surface area contributed by atoms with Crippen molar-refractivity contribution in [3.8, 4) is 17.0 Å². The van der Waals surface area contributed by atoms with Crippen LogP contribution in [0.15, 0.2) is 53.9 Å². The van der Waals surface area contributed by atoms with Gasteiger partial charge in [-0.2, -0.15) is 0 Å². The Bertz CT molecular complexity index is 975. The molecular weight excluding hydrogens is 402 g/mol. The predicted molar refractivity (Wildman–Crippen MR) is 109 cm³/mol. The summed E-state index contributed by atoms with van der Waals surface area (Å²) in [4.78, 5) is 26.8. The Balaban J connectivity index is 1.48. The number of hydrogen-bond acceptors (Lipinski definition) is 6. The van der Waals surface area contributed by atoms with Crippen LogP contribution in [0.3, 0.4) is 0 Å². The van der Waals surface area contributed by atoms with Gasteiger partial charge in [-0.05, 0) is 30.7 Å². The molecule has 1 N–H and O–H groups in total. The van der Waals surface area contributed by atoms with Crippen LogP contribution in [0.25, 0.3) is 11.3 Å². The van der Waals surface area contributed by atoms with Gasteiger partial charge in [-0.3, -0.25) is 14.9 Å². The molecule has 0 saturated carbocycles. The molecule has 0 aliphatic rings. The highest BCUT2D eigenvalue weighted by molar-refractivity contribution is 7.14. The van der Waals surface area contributed by atoms with Crippen LogP contribution in [0.4, 0.5) is 10.8 Å². The van der Waals surface area contributed by atoms with Crippen LogP contribution in [-0.4, -0.2) is 22.4 Å². The van der Waals surface area contributed by atoms with Gasteiger partial charge >= 0.3 is 0 Å². The maximum absolute atomic E-state index is 12.1. The Morgan fingerprint density at radius 3 is 2.79 bits per heavy atom. The molecule has 7 nitrogen and oxygen atoms in total. The van der Waals surface area contributed by atoms with Crippen molar-refractivity contribution in [1.82, 2.24) is 4.98 Å². The van der Waals surface area contributed by atoms with Gasteiger partial charge in [0.05, 0.1) is 17.2 Å². The summed E-state index contributed by atoms with van der Waals surface area (Å²) in [6.45, 7) is 0.409. The van der Waals surface area contributed by atoms with Gasteiger partial charge in [0.2, 0.25) is 5.91 Å². The SMILES string of the molecule is O=C(CCCOc1ccc(Cl)cc1)Nc1nc(-c2cccc([N+](=O)[O-])c2)cs1. The highest BCUT2D eigenvalue weighted by Crippen LogP contribution is 2.27. The van der Waals surface area contributed by atoms with E-state index in [0.717, 1.165) is 0 Å². The van der Waals surface area contributed by atoms with E-state index in [-0.39, 0.29) is 11.6 Å². The van der Waals surface area contributed by atoms with Crippen molar-refractivity contribution >= 4 is 39.7 Å². The van der Waals surface area contributed by atoms with E-state index in [1.54, 1.807) is 41.8 Å². The Morgan fingerprint density at radius 2 is 2.04 bits per heavy atom. The number of benzene rings is 2. The number of nitrogens with zero attached hydrogens (tertiary/aromatic N) is 2. The van der Waals surface area contributed by atoms with Gasteiger partial charge in [-0.1, -0.05) is 23.7 Å². The molecule has 0 fully saturated rings. The summed E-state index contributed by atoms with van der Waals surface area (Å²) in [5.41, 5.74) is 1.20. The lowest BCUT2D eigenvalue weighted by atomic mass is 10.1. The van der Waals surface area contributed by atoms with Crippen LogP contribution in [0, 0.1) is 10.1 Å². The van der Waals surface area contributed by atoms with Crippen LogP contribution < -0.4 is 10.1 Å². The zero-order valence-electron chi connectivity index (χ0n) is 14.6. The molecule has 0 saturated heterocycles. The van der Waals surface area contributed by atoms with E-state index in [2.05, 4.69) is 10.3 Å². The second-order valence-corrected chi connectivity index (χ2v) is 7.09. The fraction of sp³-hybridized carbons (Fsp3) is 0.158. The van der Waals surface area contributed by atoms with Crippen molar-refractivity contribution in [2.45, 2.75) is 12.8 Å². The molecule has 3 aromatic rings. The van der Waals surface area contributed by atoms with Crippen molar-refractivity contribution in [3.63, 3.8) is 0 Å². The third kappa shape index (κ3) is 5.51. The molecule has 3 rings (SSSR count). The first-order valence-corrected chi connectivity index (χ1v) is 9.65. The van der Waals surface area contributed by atoms with E-state index < -0.39 is 4.92 Å². The third-order valence-electron chi connectivity index (χ3n) is 3.73. The summed E-state index contributed by atoms with van der Waals surface area (Å²) in [5.74, 6) is 0.533. The van der Waals surface area contributed by atoms with Gasteiger partial charge in [-0.15, -0.1) is 11.3 Å². The molecule has 28 heavy (non-hydrogen) atoms. The van der Waals surface area contributed by atoms with E-state index in [1.807, 2.05) is 0 Å². The Morgan fingerprint density at radius 1 is 1.25 bits per heavy atom. The number of amides is 1. The largest absolute Gasteiger partial charge is 0.494 e. The molecule has 0 bridgehead atoms. The highest BCUT2D eigenvalue weighted by Gasteiger charge is 2.11. The first-order chi connectivity index (χ1) is 13.5. The number of hydrogen-bond donors (Lipinski definition) is 1. The van der Waals surface area contributed by atoms with Crippen molar-refractivity contribution in [2.75, 3.05) is 11.9 Å². The third-order valence-corrected chi connectivity index (χ3v) is 4.74. The van der Waals surface area contributed by atoms with Gasteiger partial charge in [0.25, 0.3) is 5.69 Å². The number of thiazole rings is 1. The van der Waals surface area contributed by atoms with E-state index >= 15 is 0 Å². The molecule has 0 unspecified atom stereocenters. The zero-order chi connectivity index (χ0) is 19.9. The molecule has 0 aliphatic carbocycles. The van der Waals surface area contributed by atoms with Crippen LogP contribution in [0.2, 0.25) is 5.02 Å². The van der Waals surface area contributed by atoms with Crippen LogP contribution >= 0.6 is 22.9 Å². The van der Waals surface area contributed by atoms with E-state index in [0.29, 0.717) is 46.6 Å². The van der Waals surface area contributed by atoms with Crippen LogP contribution in [0.1, 0.15) is 12.8 Å². The fourth-order valence-corrected chi connectivity index (χ4v) is 3.24. The molecule has 144 valence electrons. The van der Waals surface area contributed by atoms with Gasteiger partial charge in [0, 0.05) is 34.5 Å². The molecular formula is C19H16ClN3O4S. The fourth-order valence-electron chi connectivity index (χ4n) is 2.38. The Hall–Kier alpha value is -2.97. The lowest BCUT2D eigenvalue weighted by Crippen LogP contribution is -2.12. The summed E-state index contributed by atoms with van der Waals surface area (Å²) in [6.07, 6.45) is 0.844. The average molecular weight is 418 g/mol. The molecule has 0 atom stereocenters. The Kier molecular flexibility index (Phi) is 6.57. The summed E-state index contributed by atoms with van der Waals surface area (Å²) in [7, 11) is 0. The first kappa shape index (κ1) is 19.8. The molecule has 1 amide bonds. The van der Waals surface area contributed by atoms with Crippen LogP contribution in [-0.2, 0) is 4.79 Å². The van der Waals surface area contributed by atoms with Crippen molar-refractivity contribution in [1.29, 1.82) is 0 Å². The van der Waals surface area contributed by atoms with Gasteiger partial charge in [-0.25, -0.2) is 4.98 Å². The summed E-state index contributed by atoms with van der Waals surface area (Å²) >= 11 is 7.08. The van der Waals surface area contributed by atoms with Crippen molar-refractivity contribution < 1.29 is 14.5 Å². The summed E-state index contributed by atoms with van der Waals surface area (Å²) < 4.78 is 5.55. The second-order valence-electron chi connectivity index (χ2n) is 5.80. The first-order valence-electron chi connectivity index (χ1n) is 8.40. The van der Waals surface area contributed by atoms with Gasteiger partial charge in [0.15, 0.2) is 5.13 Å². The molecule has 9 heteroatoms. The summed E-state index contributed by atoms with van der Waals surface area (Å²) in [6, 6.07) is 13.2. The molecule has 0 radical (unpaired) electrons. The number of halogens is 1. The van der Waals surface area contributed by atoms with Crippen molar-refractivity contribution in [3.05, 3.63) is 69.0 Å². The number of carbonyl (C=O) groups is 1. The minimum atomic E-state index is -0.454. The predicted octanol–water partition coefficient (Wildman–Crippen LogP) is 5.17. The lowest BCUT2D eigenvalue weighted by molar-refractivity contribution is -0.384. The number of nitro benzene ring substituents is 1. The maximum atomic E-state index is 12.1. The number of anilines is 1. The molecule has 2 aromatic carbocycles. The smallest absolute Gasteiger partial charge is 0.270 e. The Labute approximate surface area is 170 Å². The molecule has 1 aromatic heterocycles. The second kappa shape index (κ2) is 9.29. The monoisotopic (exact) mass is 417 g/mol. The van der Waals surface area contributed by atoms with E-state index in [4.69, 9.17) is 16.3 Å². The minimum absolute atomic E-state index is 0.00299. The van der Waals surface area contributed by atoms with E-state index in [9.17, 15) is 14.9 Å². The van der Waals surface area contributed by atoms with Gasteiger partial charge < -0.3 is 10.1 Å². The number of rotatable bonds is 8. The highest BCUT2D eigenvalue weighted by atomic mass is 35.5. The topological polar surface area (TPSA) is 94.4 Å². The van der Waals surface area contributed by atoms with Crippen molar-refractivity contribution in [2.24, 2.45) is 0 Å².